The fourth-order valence-corrected chi connectivity index (χ4v) is 2.84. The second kappa shape index (κ2) is 4.74. The fourth-order valence-electron chi connectivity index (χ4n) is 2.84. The SMILES string of the molecule is CCOC(=O)C1CCC(O)(CC)CC1(C)C. The van der Waals surface area contributed by atoms with Crippen molar-refractivity contribution in [3.05, 3.63) is 0 Å². The first-order valence-corrected chi connectivity index (χ1v) is 6.23. The topological polar surface area (TPSA) is 46.5 Å². The molecule has 16 heavy (non-hydrogen) atoms. The second-order valence-electron chi connectivity index (χ2n) is 5.59. The van der Waals surface area contributed by atoms with Crippen LogP contribution < -0.4 is 0 Å². The fraction of sp³-hybridized carbons (Fsp3) is 0.923. The maximum atomic E-state index is 11.8. The summed E-state index contributed by atoms with van der Waals surface area (Å²) >= 11 is 0. The number of carbonyl (C=O) groups is 1. The van der Waals surface area contributed by atoms with Gasteiger partial charge in [-0.15, -0.1) is 0 Å². The number of aliphatic hydroxyl groups is 1. The van der Waals surface area contributed by atoms with Gasteiger partial charge in [0.2, 0.25) is 0 Å². The van der Waals surface area contributed by atoms with E-state index in [-0.39, 0.29) is 17.3 Å². The van der Waals surface area contributed by atoms with Crippen LogP contribution in [0.5, 0.6) is 0 Å². The summed E-state index contributed by atoms with van der Waals surface area (Å²) in [5.41, 5.74) is -0.762. The normalized spacial score (nSPS) is 33.4. The van der Waals surface area contributed by atoms with E-state index < -0.39 is 5.60 Å². The minimum Gasteiger partial charge on any atom is -0.466 e. The van der Waals surface area contributed by atoms with Crippen LogP contribution in [-0.2, 0) is 9.53 Å². The molecule has 2 unspecified atom stereocenters. The van der Waals surface area contributed by atoms with E-state index in [0.29, 0.717) is 19.4 Å². The Labute approximate surface area is 98.2 Å². The molecule has 0 aliphatic heterocycles. The Balaban J connectivity index is 2.74. The van der Waals surface area contributed by atoms with Gasteiger partial charge in [0.1, 0.15) is 0 Å². The Kier molecular flexibility index (Phi) is 4.00. The second-order valence-corrected chi connectivity index (χ2v) is 5.59. The highest BCUT2D eigenvalue weighted by atomic mass is 16.5. The third-order valence-electron chi connectivity index (χ3n) is 3.86. The van der Waals surface area contributed by atoms with Crippen molar-refractivity contribution in [3.63, 3.8) is 0 Å². The van der Waals surface area contributed by atoms with Crippen LogP contribution in [0.4, 0.5) is 0 Å². The number of carbonyl (C=O) groups excluding carboxylic acids is 1. The van der Waals surface area contributed by atoms with Crippen LogP contribution in [0.3, 0.4) is 0 Å². The summed E-state index contributed by atoms with van der Waals surface area (Å²) in [5.74, 6) is -0.176. The number of hydrogen-bond acceptors (Lipinski definition) is 3. The Morgan fingerprint density at radius 2 is 2.06 bits per heavy atom. The number of esters is 1. The lowest BCUT2D eigenvalue weighted by atomic mass is 9.62. The van der Waals surface area contributed by atoms with Crippen molar-refractivity contribution in [2.24, 2.45) is 11.3 Å². The molecule has 0 saturated heterocycles. The van der Waals surface area contributed by atoms with Crippen LogP contribution in [0.15, 0.2) is 0 Å². The molecule has 0 aromatic rings. The molecule has 1 saturated carbocycles. The summed E-state index contributed by atoms with van der Waals surface area (Å²) < 4.78 is 5.10. The molecule has 0 radical (unpaired) electrons. The molecule has 0 spiro atoms. The van der Waals surface area contributed by atoms with Gasteiger partial charge >= 0.3 is 5.97 Å². The van der Waals surface area contributed by atoms with Crippen molar-refractivity contribution in [1.29, 1.82) is 0 Å². The summed E-state index contributed by atoms with van der Waals surface area (Å²) in [5, 5.41) is 10.3. The Bertz CT molecular complexity index is 260. The van der Waals surface area contributed by atoms with Gasteiger partial charge in [-0.25, -0.2) is 0 Å². The molecule has 0 heterocycles. The Morgan fingerprint density at radius 3 is 2.50 bits per heavy atom. The minimum atomic E-state index is -0.591. The largest absolute Gasteiger partial charge is 0.466 e. The molecule has 0 bridgehead atoms. The average molecular weight is 228 g/mol. The quantitative estimate of drug-likeness (QED) is 0.755. The van der Waals surface area contributed by atoms with E-state index in [1.807, 2.05) is 27.7 Å². The molecule has 94 valence electrons. The van der Waals surface area contributed by atoms with Crippen molar-refractivity contribution in [2.45, 2.75) is 59.0 Å². The van der Waals surface area contributed by atoms with E-state index in [1.54, 1.807) is 0 Å². The predicted molar refractivity (Wildman–Crippen MR) is 63.0 cm³/mol. The van der Waals surface area contributed by atoms with E-state index >= 15 is 0 Å². The molecule has 1 fully saturated rings. The standard InChI is InChI=1S/C13H24O3/c1-5-13(15)8-7-10(11(14)16-6-2)12(3,4)9-13/h10,15H,5-9H2,1-4H3. The summed E-state index contributed by atoms with van der Waals surface area (Å²) in [6.45, 7) is 8.36. The molecular weight excluding hydrogens is 204 g/mol. The number of hydrogen-bond donors (Lipinski definition) is 1. The molecule has 2 atom stereocenters. The van der Waals surface area contributed by atoms with E-state index in [9.17, 15) is 9.90 Å². The zero-order valence-electron chi connectivity index (χ0n) is 10.9. The van der Waals surface area contributed by atoms with Gasteiger partial charge in [-0.1, -0.05) is 20.8 Å². The lowest BCUT2D eigenvalue weighted by Crippen LogP contribution is -2.46. The van der Waals surface area contributed by atoms with Gasteiger partial charge in [0.05, 0.1) is 18.1 Å². The molecule has 3 heteroatoms. The van der Waals surface area contributed by atoms with Crippen LogP contribution in [0.25, 0.3) is 0 Å². The van der Waals surface area contributed by atoms with Crippen LogP contribution >= 0.6 is 0 Å². The summed E-state index contributed by atoms with van der Waals surface area (Å²) in [4.78, 5) is 11.8. The maximum Gasteiger partial charge on any atom is 0.309 e. The molecule has 0 aromatic carbocycles. The average Bonchev–Trinajstić information content (AvgIpc) is 2.16. The highest BCUT2D eigenvalue weighted by Crippen LogP contribution is 2.46. The Hall–Kier alpha value is -0.570. The molecule has 1 rings (SSSR count). The Morgan fingerprint density at radius 1 is 1.44 bits per heavy atom. The van der Waals surface area contributed by atoms with Gasteiger partial charge in [0.25, 0.3) is 0 Å². The molecule has 1 aliphatic carbocycles. The van der Waals surface area contributed by atoms with Crippen LogP contribution in [0.2, 0.25) is 0 Å². The lowest BCUT2D eigenvalue weighted by molar-refractivity contribution is -0.159. The van der Waals surface area contributed by atoms with Gasteiger partial charge < -0.3 is 9.84 Å². The third kappa shape index (κ3) is 2.76. The van der Waals surface area contributed by atoms with Gasteiger partial charge in [0.15, 0.2) is 0 Å². The van der Waals surface area contributed by atoms with Crippen molar-refractivity contribution in [3.8, 4) is 0 Å². The molecule has 0 aromatic heterocycles. The van der Waals surface area contributed by atoms with Crippen molar-refractivity contribution in [1.82, 2.24) is 0 Å². The van der Waals surface area contributed by atoms with Gasteiger partial charge in [-0.05, 0) is 38.0 Å². The first-order chi connectivity index (χ1) is 7.34. The van der Waals surface area contributed by atoms with E-state index in [0.717, 1.165) is 12.8 Å². The van der Waals surface area contributed by atoms with Crippen molar-refractivity contribution < 1.29 is 14.6 Å². The summed E-state index contributed by atoms with van der Waals surface area (Å²) in [7, 11) is 0. The summed E-state index contributed by atoms with van der Waals surface area (Å²) in [6.07, 6.45) is 2.87. The first-order valence-electron chi connectivity index (χ1n) is 6.23. The zero-order chi connectivity index (χ0) is 12.4. The van der Waals surface area contributed by atoms with E-state index in [2.05, 4.69) is 0 Å². The first kappa shape index (κ1) is 13.5. The number of rotatable bonds is 3. The lowest BCUT2D eigenvalue weighted by Gasteiger charge is -2.45. The van der Waals surface area contributed by atoms with Crippen LogP contribution in [-0.4, -0.2) is 23.3 Å². The number of ether oxygens (including phenoxy) is 1. The smallest absolute Gasteiger partial charge is 0.309 e. The van der Waals surface area contributed by atoms with Gasteiger partial charge in [-0.2, -0.15) is 0 Å². The van der Waals surface area contributed by atoms with Crippen molar-refractivity contribution in [2.75, 3.05) is 6.61 Å². The molecule has 1 aliphatic rings. The molecular formula is C13H24O3. The maximum absolute atomic E-state index is 11.8. The minimum absolute atomic E-state index is 0.0701. The predicted octanol–water partition coefficient (Wildman–Crippen LogP) is 2.52. The highest BCUT2D eigenvalue weighted by molar-refractivity contribution is 5.73. The van der Waals surface area contributed by atoms with E-state index in [4.69, 9.17) is 4.74 Å². The monoisotopic (exact) mass is 228 g/mol. The molecule has 1 N–H and O–H groups in total. The zero-order valence-corrected chi connectivity index (χ0v) is 10.9. The summed E-state index contributed by atoms with van der Waals surface area (Å²) in [6, 6.07) is 0. The van der Waals surface area contributed by atoms with Gasteiger partial charge in [0, 0.05) is 0 Å². The molecule has 0 amide bonds. The highest BCUT2D eigenvalue weighted by Gasteiger charge is 2.46. The van der Waals surface area contributed by atoms with Gasteiger partial charge in [-0.3, -0.25) is 4.79 Å². The van der Waals surface area contributed by atoms with Crippen molar-refractivity contribution >= 4 is 5.97 Å². The molecule has 3 nitrogen and oxygen atoms in total. The van der Waals surface area contributed by atoms with Crippen LogP contribution in [0, 0.1) is 11.3 Å². The third-order valence-corrected chi connectivity index (χ3v) is 3.86. The van der Waals surface area contributed by atoms with Crippen LogP contribution in [0.1, 0.15) is 53.4 Å². The van der Waals surface area contributed by atoms with E-state index in [1.165, 1.54) is 0 Å².